The lowest BCUT2D eigenvalue weighted by molar-refractivity contribution is -0.122. The van der Waals surface area contributed by atoms with Gasteiger partial charge < -0.3 is 5.32 Å². The molecule has 0 aromatic heterocycles. The highest BCUT2D eigenvalue weighted by Crippen LogP contribution is 2.15. The first-order chi connectivity index (χ1) is 8.44. The summed E-state index contributed by atoms with van der Waals surface area (Å²) in [6, 6.07) is 10.4. The zero-order valence-electron chi connectivity index (χ0n) is 11.4. The fourth-order valence-corrected chi connectivity index (χ4v) is 1.88. The van der Waals surface area contributed by atoms with Crippen molar-refractivity contribution in [2.24, 2.45) is 0 Å². The van der Waals surface area contributed by atoms with Crippen LogP contribution in [0.2, 0.25) is 0 Å². The van der Waals surface area contributed by atoms with E-state index >= 15 is 0 Å². The van der Waals surface area contributed by atoms with Gasteiger partial charge in [0.2, 0.25) is 5.91 Å². The minimum Gasteiger partial charge on any atom is -0.350 e. The molecule has 1 unspecified atom stereocenters. The molecule has 0 saturated carbocycles. The van der Waals surface area contributed by atoms with Gasteiger partial charge in [-0.25, -0.2) is 0 Å². The Bertz CT molecular complexity index is 375. The number of carbonyl (C=O) groups excluding carboxylic acids is 1. The van der Waals surface area contributed by atoms with E-state index in [1.807, 2.05) is 25.1 Å². The molecule has 1 N–H and O–H groups in total. The summed E-state index contributed by atoms with van der Waals surface area (Å²) in [4.78, 5) is 11.8. The fourth-order valence-electron chi connectivity index (χ4n) is 1.76. The zero-order chi connectivity index (χ0) is 13.6. The van der Waals surface area contributed by atoms with Crippen LogP contribution in [-0.4, -0.2) is 16.3 Å². The number of benzene rings is 1. The smallest absolute Gasteiger partial charge is 0.234 e. The van der Waals surface area contributed by atoms with Crippen molar-refractivity contribution >= 4 is 21.8 Å². The molecule has 1 atom stereocenters. The Morgan fingerprint density at radius 3 is 2.50 bits per heavy atom. The van der Waals surface area contributed by atoms with Crippen molar-refractivity contribution < 1.29 is 4.79 Å². The van der Waals surface area contributed by atoms with Gasteiger partial charge in [-0.3, -0.25) is 4.79 Å². The predicted molar refractivity (Wildman–Crippen MR) is 80.0 cm³/mol. The summed E-state index contributed by atoms with van der Waals surface area (Å²) in [6.07, 6.45) is 2.72. The van der Waals surface area contributed by atoms with E-state index in [1.54, 1.807) is 0 Å². The van der Waals surface area contributed by atoms with Crippen LogP contribution in [0, 0.1) is 0 Å². The normalized spacial score (nSPS) is 13.1. The van der Waals surface area contributed by atoms with Gasteiger partial charge in [0.05, 0.1) is 4.83 Å². The number of carbonyl (C=O) groups is 1. The second-order valence-corrected chi connectivity index (χ2v) is 6.34. The van der Waals surface area contributed by atoms with Gasteiger partial charge in [-0.1, -0.05) is 53.2 Å². The lowest BCUT2D eigenvalue weighted by atomic mass is 9.95. The molecule has 100 valence electrons. The van der Waals surface area contributed by atoms with Crippen molar-refractivity contribution in [3.8, 4) is 0 Å². The molecule has 0 heterocycles. The van der Waals surface area contributed by atoms with Crippen LogP contribution in [0.25, 0.3) is 0 Å². The van der Waals surface area contributed by atoms with E-state index in [9.17, 15) is 4.79 Å². The third-order valence-electron chi connectivity index (χ3n) is 2.99. The van der Waals surface area contributed by atoms with Gasteiger partial charge in [-0.15, -0.1) is 0 Å². The Kier molecular flexibility index (Phi) is 5.86. The molecule has 0 radical (unpaired) electrons. The Morgan fingerprint density at radius 1 is 1.33 bits per heavy atom. The summed E-state index contributed by atoms with van der Waals surface area (Å²) in [5.74, 6) is 0.0792. The summed E-state index contributed by atoms with van der Waals surface area (Å²) in [5, 5.41) is 3.09. The third-order valence-corrected chi connectivity index (χ3v) is 4.05. The molecule has 0 spiro atoms. The molecular weight excluding hydrogens is 290 g/mol. The van der Waals surface area contributed by atoms with E-state index in [0.29, 0.717) is 0 Å². The number of nitrogens with one attached hydrogen (secondary N) is 1. The largest absolute Gasteiger partial charge is 0.350 e. The Morgan fingerprint density at radius 2 is 1.94 bits per heavy atom. The molecule has 0 aliphatic heterocycles. The molecule has 18 heavy (non-hydrogen) atoms. The summed E-state index contributed by atoms with van der Waals surface area (Å²) in [7, 11) is 0. The Hall–Kier alpha value is -0.830. The van der Waals surface area contributed by atoms with Crippen LogP contribution in [0.5, 0.6) is 0 Å². The zero-order valence-corrected chi connectivity index (χ0v) is 13.0. The van der Waals surface area contributed by atoms with E-state index < -0.39 is 0 Å². The molecule has 0 fully saturated rings. The molecule has 2 nitrogen and oxygen atoms in total. The molecule has 1 rings (SSSR count). The summed E-state index contributed by atoms with van der Waals surface area (Å²) >= 11 is 3.38. The molecule has 3 heteroatoms. The third kappa shape index (κ3) is 5.21. The maximum Gasteiger partial charge on any atom is 0.234 e. The van der Waals surface area contributed by atoms with Crippen LogP contribution in [-0.2, 0) is 11.2 Å². The summed E-state index contributed by atoms with van der Waals surface area (Å²) < 4.78 is 0. The number of halogens is 1. The van der Waals surface area contributed by atoms with Crippen LogP contribution < -0.4 is 5.32 Å². The van der Waals surface area contributed by atoms with E-state index in [-0.39, 0.29) is 16.3 Å². The predicted octanol–water partition coefficient (Wildman–Crippen LogP) is 3.69. The van der Waals surface area contributed by atoms with Gasteiger partial charge in [0, 0.05) is 5.54 Å². The summed E-state index contributed by atoms with van der Waals surface area (Å²) in [6.45, 7) is 6.14. The minimum atomic E-state index is -0.173. The standard InChI is InChI=1S/C15H22BrNO/c1-4-13(16)14(18)17-15(2,3)11-10-12-8-6-5-7-9-12/h5-9,13H,4,10-11H2,1-3H3,(H,17,18). The topological polar surface area (TPSA) is 29.1 Å². The first kappa shape index (κ1) is 15.2. The minimum absolute atomic E-state index is 0.0792. The molecular formula is C15H22BrNO. The fraction of sp³-hybridized carbons (Fsp3) is 0.533. The van der Waals surface area contributed by atoms with Crippen molar-refractivity contribution in [2.45, 2.75) is 50.4 Å². The molecule has 0 aliphatic carbocycles. The molecule has 1 amide bonds. The first-order valence-electron chi connectivity index (χ1n) is 6.44. The molecule has 1 aromatic rings. The Labute approximate surface area is 118 Å². The number of aryl methyl sites for hydroxylation is 1. The molecule has 0 aliphatic rings. The van der Waals surface area contributed by atoms with E-state index in [4.69, 9.17) is 0 Å². The molecule has 0 saturated heterocycles. The SMILES string of the molecule is CCC(Br)C(=O)NC(C)(C)CCc1ccccc1. The number of hydrogen-bond acceptors (Lipinski definition) is 1. The second kappa shape index (κ2) is 6.93. The molecule has 0 bridgehead atoms. The molecule has 1 aromatic carbocycles. The van der Waals surface area contributed by atoms with E-state index in [1.165, 1.54) is 5.56 Å². The number of rotatable bonds is 6. The monoisotopic (exact) mass is 311 g/mol. The van der Waals surface area contributed by atoms with E-state index in [0.717, 1.165) is 19.3 Å². The van der Waals surface area contributed by atoms with Gasteiger partial charge in [-0.05, 0) is 38.7 Å². The van der Waals surface area contributed by atoms with Gasteiger partial charge in [0.15, 0.2) is 0 Å². The van der Waals surface area contributed by atoms with Crippen molar-refractivity contribution in [2.75, 3.05) is 0 Å². The lowest BCUT2D eigenvalue weighted by Gasteiger charge is -2.27. The maximum absolute atomic E-state index is 11.8. The number of amides is 1. The van der Waals surface area contributed by atoms with Crippen LogP contribution in [0.15, 0.2) is 30.3 Å². The Balaban J connectivity index is 2.47. The average molecular weight is 312 g/mol. The van der Waals surface area contributed by atoms with Crippen LogP contribution >= 0.6 is 15.9 Å². The van der Waals surface area contributed by atoms with Gasteiger partial charge in [0.1, 0.15) is 0 Å². The van der Waals surface area contributed by atoms with E-state index in [2.05, 4.69) is 47.2 Å². The first-order valence-corrected chi connectivity index (χ1v) is 7.36. The lowest BCUT2D eigenvalue weighted by Crippen LogP contribution is -2.46. The number of hydrogen-bond donors (Lipinski definition) is 1. The van der Waals surface area contributed by atoms with Crippen molar-refractivity contribution in [3.05, 3.63) is 35.9 Å². The second-order valence-electron chi connectivity index (χ2n) is 5.23. The quantitative estimate of drug-likeness (QED) is 0.798. The van der Waals surface area contributed by atoms with Crippen LogP contribution in [0.3, 0.4) is 0 Å². The highest BCUT2D eigenvalue weighted by molar-refractivity contribution is 9.10. The van der Waals surface area contributed by atoms with Crippen molar-refractivity contribution in [1.82, 2.24) is 5.32 Å². The maximum atomic E-state index is 11.8. The van der Waals surface area contributed by atoms with Crippen LogP contribution in [0.4, 0.5) is 0 Å². The van der Waals surface area contributed by atoms with Gasteiger partial charge in [-0.2, -0.15) is 0 Å². The highest BCUT2D eigenvalue weighted by atomic mass is 79.9. The number of alkyl halides is 1. The average Bonchev–Trinajstić information content (AvgIpc) is 2.36. The van der Waals surface area contributed by atoms with Crippen LogP contribution in [0.1, 0.15) is 39.2 Å². The van der Waals surface area contributed by atoms with Crippen molar-refractivity contribution in [1.29, 1.82) is 0 Å². The van der Waals surface area contributed by atoms with Crippen molar-refractivity contribution in [3.63, 3.8) is 0 Å². The van der Waals surface area contributed by atoms with Gasteiger partial charge in [0.25, 0.3) is 0 Å². The van der Waals surface area contributed by atoms with Gasteiger partial charge >= 0.3 is 0 Å². The summed E-state index contributed by atoms with van der Waals surface area (Å²) in [5.41, 5.74) is 1.14. The highest BCUT2D eigenvalue weighted by Gasteiger charge is 2.23.